The molecule has 3 fully saturated rings. The summed E-state index contributed by atoms with van der Waals surface area (Å²) >= 11 is 0. The van der Waals surface area contributed by atoms with Crippen molar-refractivity contribution in [1.29, 1.82) is 0 Å². The molecule has 2 aromatic rings. The Balaban J connectivity index is 0.000000480. The van der Waals surface area contributed by atoms with Gasteiger partial charge in [-0.15, -0.1) is 0 Å². The van der Waals surface area contributed by atoms with Crippen molar-refractivity contribution in [3.05, 3.63) is 71.8 Å². The van der Waals surface area contributed by atoms with Crippen LogP contribution in [0.1, 0.15) is 55.6 Å². The second-order valence-electron chi connectivity index (χ2n) is 10.6. The molecule has 7 nitrogen and oxygen atoms in total. The van der Waals surface area contributed by atoms with Gasteiger partial charge in [-0.25, -0.2) is 9.59 Å². The van der Waals surface area contributed by atoms with Gasteiger partial charge in [0.1, 0.15) is 0 Å². The molecule has 200 valence electrons. The van der Waals surface area contributed by atoms with Crippen LogP contribution >= 0.6 is 0 Å². The molecule has 37 heavy (non-hydrogen) atoms. The molecule has 2 aliphatic heterocycles. The van der Waals surface area contributed by atoms with E-state index in [2.05, 4.69) is 75.4 Å². The summed E-state index contributed by atoms with van der Waals surface area (Å²) in [4.78, 5) is 26.5. The third kappa shape index (κ3) is 8.12. The van der Waals surface area contributed by atoms with Crippen LogP contribution in [0.5, 0.6) is 0 Å². The maximum atomic E-state index is 9.10. The van der Waals surface area contributed by atoms with Crippen LogP contribution in [0.3, 0.4) is 0 Å². The van der Waals surface area contributed by atoms with E-state index in [9.17, 15) is 0 Å². The van der Waals surface area contributed by atoms with Gasteiger partial charge in [-0.2, -0.15) is 0 Å². The lowest BCUT2D eigenvalue weighted by molar-refractivity contribution is -0.159. The Hall–Kier alpha value is -2.74. The average Bonchev–Trinajstić information content (AvgIpc) is 2.95. The number of benzene rings is 2. The Morgan fingerprint density at radius 1 is 0.622 bits per heavy atom. The van der Waals surface area contributed by atoms with Crippen LogP contribution in [0, 0.1) is 0 Å². The molecule has 0 aromatic heterocycles. The first-order valence-corrected chi connectivity index (χ1v) is 13.7. The van der Waals surface area contributed by atoms with Crippen molar-refractivity contribution in [2.45, 2.75) is 63.1 Å². The zero-order valence-corrected chi connectivity index (χ0v) is 21.8. The number of hydrogen-bond donors (Lipinski definition) is 2. The standard InChI is InChI=1S/C28H39N3.C2H2O4/c1-3-7-24(8-4-1)23-29-17-15-28(16-18-29)31-21-19-30(20-22-31)27-13-11-26(12-14-27)25-9-5-2-6-10-25;3-1(4)2(5)6/h1-10,26-28H,11-23H2;(H,3,4)(H,5,6). The third-order valence-electron chi connectivity index (χ3n) is 8.34. The first kappa shape index (κ1) is 27.3. The van der Waals surface area contributed by atoms with Gasteiger partial charge in [0.05, 0.1) is 0 Å². The number of piperazine rings is 1. The molecular formula is C30H41N3O4. The van der Waals surface area contributed by atoms with E-state index < -0.39 is 11.9 Å². The molecule has 0 unspecified atom stereocenters. The fourth-order valence-electron chi connectivity index (χ4n) is 6.25. The second kappa shape index (κ2) is 13.7. The van der Waals surface area contributed by atoms with Gasteiger partial charge in [0.25, 0.3) is 0 Å². The van der Waals surface area contributed by atoms with E-state index in [0.717, 1.165) is 24.5 Å². The van der Waals surface area contributed by atoms with Crippen LogP contribution in [-0.4, -0.2) is 88.2 Å². The van der Waals surface area contributed by atoms with E-state index >= 15 is 0 Å². The first-order valence-electron chi connectivity index (χ1n) is 13.7. The number of nitrogens with zero attached hydrogens (tertiary/aromatic N) is 3. The number of carboxylic acids is 2. The first-order chi connectivity index (χ1) is 18.0. The fraction of sp³-hybridized carbons (Fsp3) is 0.533. The number of carbonyl (C=O) groups is 2. The highest BCUT2D eigenvalue weighted by molar-refractivity contribution is 6.27. The van der Waals surface area contributed by atoms with Gasteiger partial charge in [0, 0.05) is 44.8 Å². The topological polar surface area (TPSA) is 84.3 Å². The molecule has 2 N–H and O–H groups in total. The van der Waals surface area contributed by atoms with E-state index in [-0.39, 0.29) is 0 Å². The lowest BCUT2D eigenvalue weighted by atomic mass is 9.81. The Morgan fingerprint density at radius 3 is 1.57 bits per heavy atom. The summed E-state index contributed by atoms with van der Waals surface area (Å²) in [6.07, 6.45) is 8.20. The number of rotatable bonds is 5. The Labute approximate surface area is 220 Å². The molecule has 0 bridgehead atoms. The van der Waals surface area contributed by atoms with Crippen molar-refractivity contribution in [3.63, 3.8) is 0 Å². The third-order valence-corrected chi connectivity index (χ3v) is 8.34. The van der Waals surface area contributed by atoms with E-state index in [1.807, 2.05) is 0 Å². The van der Waals surface area contributed by atoms with Gasteiger partial charge in [0.2, 0.25) is 0 Å². The number of piperidine rings is 1. The largest absolute Gasteiger partial charge is 0.473 e. The molecule has 0 spiro atoms. The molecule has 5 rings (SSSR count). The quantitative estimate of drug-likeness (QED) is 0.588. The highest BCUT2D eigenvalue weighted by Gasteiger charge is 2.31. The predicted octanol–water partition coefficient (Wildman–Crippen LogP) is 4.15. The van der Waals surface area contributed by atoms with Crippen molar-refractivity contribution in [2.24, 2.45) is 0 Å². The molecule has 7 heteroatoms. The number of carboxylic acid groups (broad SMARTS) is 2. The number of hydrogen-bond acceptors (Lipinski definition) is 5. The molecule has 1 aliphatic carbocycles. The summed E-state index contributed by atoms with van der Waals surface area (Å²) in [7, 11) is 0. The van der Waals surface area contributed by atoms with Gasteiger partial charge in [-0.1, -0.05) is 60.7 Å². The maximum Gasteiger partial charge on any atom is 0.414 e. The molecule has 3 aliphatic rings. The maximum absolute atomic E-state index is 9.10. The summed E-state index contributed by atoms with van der Waals surface area (Å²) in [5.74, 6) is -2.86. The normalized spacial score (nSPS) is 24.1. The smallest absolute Gasteiger partial charge is 0.414 e. The van der Waals surface area contributed by atoms with E-state index in [1.54, 1.807) is 5.56 Å². The summed E-state index contributed by atoms with van der Waals surface area (Å²) in [5, 5.41) is 14.8. The molecule has 0 amide bonds. The van der Waals surface area contributed by atoms with Gasteiger partial charge >= 0.3 is 11.9 Å². The van der Waals surface area contributed by atoms with Crippen molar-refractivity contribution in [2.75, 3.05) is 39.3 Å². The zero-order valence-electron chi connectivity index (χ0n) is 21.8. The minimum atomic E-state index is -1.82. The Bertz CT molecular complexity index is 951. The molecule has 2 aromatic carbocycles. The molecule has 2 saturated heterocycles. The van der Waals surface area contributed by atoms with Crippen LogP contribution < -0.4 is 0 Å². The monoisotopic (exact) mass is 507 g/mol. The van der Waals surface area contributed by atoms with Gasteiger partial charge < -0.3 is 10.2 Å². The van der Waals surface area contributed by atoms with E-state index in [4.69, 9.17) is 19.8 Å². The van der Waals surface area contributed by atoms with E-state index in [1.165, 1.54) is 83.4 Å². The highest BCUT2D eigenvalue weighted by atomic mass is 16.4. The van der Waals surface area contributed by atoms with Crippen LogP contribution in [-0.2, 0) is 16.1 Å². The molecule has 0 atom stereocenters. The fourth-order valence-corrected chi connectivity index (χ4v) is 6.25. The summed E-state index contributed by atoms with van der Waals surface area (Å²) < 4.78 is 0. The molecule has 1 saturated carbocycles. The number of aliphatic carboxylic acids is 2. The lowest BCUT2D eigenvalue weighted by Gasteiger charge is -2.46. The SMILES string of the molecule is O=C(O)C(=O)O.c1ccc(CN2CCC(N3CCN(C4CCC(c5ccccc5)CC4)CC3)CC2)cc1. The van der Waals surface area contributed by atoms with Crippen molar-refractivity contribution >= 4 is 11.9 Å². The summed E-state index contributed by atoms with van der Waals surface area (Å²) in [5.41, 5.74) is 3.01. The van der Waals surface area contributed by atoms with Crippen LogP contribution in [0.25, 0.3) is 0 Å². The minimum absolute atomic E-state index is 0.791. The average molecular weight is 508 g/mol. The summed E-state index contributed by atoms with van der Waals surface area (Å²) in [6.45, 7) is 8.75. The second-order valence-corrected chi connectivity index (χ2v) is 10.6. The zero-order chi connectivity index (χ0) is 26.0. The van der Waals surface area contributed by atoms with Crippen LogP contribution in [0.2, 0.25) is 0 Å². The number of likely N-dealkylation sites (tertiary alicyclic amines) is 1. The van der Waals surface area contributed by atoms with Crippen LogP contribution in [0.15, 0.2) is 60.7 Å². The lowest BCUT2D eigenvalue weighted by Crippen LogP contribution is -2.55. The van der Waals surface area contributed by atoms with Gasteiger partial charge in [-0.05, 0) is 68.7 Å². The Morgan fingerprint density at radius 2 is 1.08 bits per heavy atom. The predicted molar refractivity (Wildman–Crippen MR) is 145 cm³/mol. The molecular weight excluding hydrogens is 466 g/mol. The molecule has 2 heterocycles. The summed E-state index contributed by atoms with van der Waals surface area (Å²) in [6, 6.07) is 23.8. The highest BCUT2D eigenvalue weighted by Crippen LogP contribution is 2.35. The van der Waals surface area contributed by atoms with E-state index in [0.29, 0.717) is 0 Å². The van der Waals surface area contributed by atoms with Crippen molar-refractivity contribution in [3.8, 4) is 0 Å². The van der Waals surface area contributed by atoms with Crippen molar-refractivity contribution in [1.82, 2.24) is 14.7 Å². The molecule has 0 radical (unpaired) electrons. The van der Waals surface area contributed by atoms with Crippen molar-refractivity contribution < 1.29 is 19.8 Å². The Kier molecular flexibility index (Phi) is 10.1. The van der Waals surface area contributed by atoms with Gasteiger partial charge in [-0.3, -0.25) is 14.7 Å². The van der Waals surface area contributed by atoms with Gasteiger partial charge in [0.15, 0.2) is 0 Å². The minimum Gasteiger partial charge on any atom is -0.473 e. The van der Waals surface area contributed by atoms with Crippen LogP contribution in [0.4, 0.5) is 0 Å².